The first-order chi connectivity index (χ1) is 15.7. The van der Waals surface area contributed by atoms with Gasteiger partial charge in [0, 0.05) is 49.1 Å². The second-order valence-electron chi connectivity index (χ2n) is 8.98. The number of thiophene rings is 1. The third-order valence-electron chi connectivity index (χ3n) is 6.69. The van der Waals surface area contributed by atoms with Gasteiger partial charge in [0.15, 0.2) is 0 Å². The topological polar surface area (TPSA) is 86.8 Å². The average molecular weight is 490 g/mol. The Bertz CT molecular complexity index is 1150. The SMILES string of the molecule is CC(=O)N1c2ccc(S(=O)(=O)N3CCC(C(=O)NCCc4sccc4C)CC3)cc2C[C@H]1C. The fraction of sp³-hybridized carbons (Fsp3) is 0.500. The molecule has 2 aromatic rings. The fourth-order valence-electron chi connectivity index (χ4n) is 4.86. The Labute approximate surface area is 199 Å². The summed E-state index contributed by atoms with van der Waals surface area (Å²) in [4.78, 5) is 27.8. The number of nitrogens with zero attached hydrogens (tertiary/aromatic N) is 2. The van der Waals surface area contributed by atoms with Gasteiger partial charge in [-0.05, 0) is 80.3 Å². The lowest BCUT2D eigenvalue weighted by atomic mass is 9.97. The predicted molar refractivity (Wildman–Crippen MR) is 130 cm³/mol. The molecule has 1 atom stereocenters. The monoisotopic (exact) mass is 489 g/mol. The van der Waals surface area contributed by atoms with Crippen LogP contribution >= 0.6 is 11.3 Å². The highest BCUT2D eigenvalue weighted by atomic mass is 32.2. The zero-order valence-electron chi connectivity index (χ0n) is 19.3. The van der Waals surface area contributed by atoms with Crippen LogP contribution in [0.4, 0.5) is 5.69 Å². The largest absolute Gasteiger partial charge is 0.355 e. The molecule has 4 rings (SSSR count). The van der Waals surface area contributed by atoms with Gasteiger partial charge in [0.25, 0.3) is 0 Å². The number of piperidine rings is 1. The molecule has 1 N–H and O–H groups in total. The summed E-state index contributed by atoms with van der Waals surface area (Å²) in [6, 6.07) is 7.14. The number of hydrogen-bond acceptors (Lipinski definition) is 5. The number of carbonyl (C=O) groups is 2. The molecule has 3 heterocycles. The zero-order valence-corrected chi connectivity index (χ0v) is 21.0. The summed E-state index contributed by atoms with van der Waals surface area (Å²) in [6.45, 7) is 6.83. The van der Waals surface area contributed by atoms with Crippen molar-refractivity contribution in [3.63, 3.8) is 0 Å². The lowest BCUT2D eigenvalue weighted by Crippen LogP contribution is -2.43. The Morgan fingerprint density at radius 1 is 1.18 bits per heavy atom. The van der Waals surface area contributed by atoms with Crippen molar-refractivity contribution < 1.29 is 18.0 Å². The molecule has 1 fully saturated rings. The predicted octanol–water partition coefficient (Wildman–Crippen LogP) is 3.11. The zero-order chi connectivity index (χ0) is 23.8. The lowest BCUT2D eigenvalue weighted by Gasteiger charge is -2.30. The maximum Gasteiger partial charge on any atom is 0.243 e. The Balaban J connectivity index is 1.34. The molecule has 0 aliphatic carbocycles. The molecule has 1 aromatic carbocycles. The van der Waals surface area contributed by atoms with Crippen LogP contribution in [0.5, 0.6) is 0 Å². The highest BCUT2D eigenvalue weighted by Gasteiger charge is 2.34. The molecule has 9 heteroatoms. The van der Waals surface area contributed by atoms with Crippen molar-refractivity contribution in [1.82, 2.24) is 9.62 Å². The summed E-state index contributed by atoms with van der Waals surface area (Å²) in [5.41, 5.74) is 2.93. The van der Waals surface area contributed by atoms with Crippen molar-refractivity contribution in [2.24, 2.45) is 5.92 Å². The fourth-order valence-corrected chi connectivity index (χ4v) is 7.29. The van der Waals surface area contributed by atoms with Crippen LogP contribution < -0.4 is 10.2 Å². The summed E-state index contributed by atoms with van der Waals surface area (Å²) < 4.78 is 28.0. The Kier molecular flexibility index (Phi) is 6.93. The van der Waals surface area contributed by atoms with Crippen molar-refractivity contribution in [1.29, 1.82) is 0 Å². The average Bonchev–Trinajstić information content (AvgIpc) is 3.34. The third-order valence-corrected chi connectivity index (χ3v) is 9.67. The molecular formula is C24H31N3O4S2. The number of anilines is 1. The van der Waals surface area contributed by atoms with E-state index >= 15 is 0 Å². The summed E-state index contributed by atoms with van der Waals surface area (Å²) in [5, 5.41) is 5.08. The summed E-state index contributed by atoms with van der Waals surface area (Å²) in [7, 11) is -3.64. The van der Waals surface area contributed by atoms with Crippen LogP contribution in [-0.4, -0.2) is 50.2 Å². The van der Waals surface area contributed by atoms with E-state index in [4.69, 9.17) is 0 Å². The minimum atomic E-state index is -3.64. The summed E-state index contributed by atoms with van der Waals surface area (Å²) in [5.74, 6) is -0.189. The lowest BCUT2D eigenvalue weighted by molar-refractivity contribution is -0.126. The summed E-state index contributed by atoms with van der Waals surface area (Å²) >= 11 is 1.70. The Hall–Kier alpha value is -2.23. The van der Waals surface area contributed by atoms with Crippen LogP contribution in [0.25, 0.3) is 0 Å². The first-order valence-electron chi connectivity index (χ1n) is 11.4. The van der Waals surface area contributed by atoms with Gasteiger partial charge in [-0.1, -0.05) is 0 Å². The number of aryl methyl sites for hydroxylation is 1. The van der Waals surface area contributed by atoms with E-state index in [1.54, 1.807) is 34.4 Å². The van der Waals surface area contributed by atoms with Crippen LogP contribution in [0, 0.1) is 12.8 Å². The molecule has 0 spiro atoms. The first-order valence-corrected chi connectivity index (χ1v) is 13.7. The van der Waals surface area contributed by atoms with E-state index in [2.05, 4.69) is 23.7 Å². The standard InChI is InChI=1S/C24H31N3O4S2/c1-16-9-13-32-23(16)6-10-25-24(29)19-7-11-26(12-8-19)33(30,31)21-4-5-22-20(15-21)14-17(2)27(22)18(3)28/h4-5,9,13,15,17,19H,6-8,10-12,14H2,1-3H3,(H,25,29)/t17-/m1/s1. The van der Waals surface area contributed by atoms with E-state index in [1.807, 2.05) is 6.92 Å². The van der Waals surface area contributed by atoms with Crippen LogP contribution in [-0.2, 0) is 32.5 Å². The molecule has 2 aliphatic rings. The van der Waals surface area contributed by atoms with E-state index in [-0.39, 0.29) is 28.7 Å². The smallest absolute Gasteiger partial charge is 0.243 e. The van der Waals surface area contributed by atoms with Gasteiger partial charge in [0.05, 0.1) is 4.90 Å². The Morgan fingerprint density at radius 2 is 1.91 bits per heavy atom. The van der Waals surface area contributed by atoms with Gasteiger partial charge in [0.1, 0.15) is 0 Å². The molecule has 1 aromatic heterocycles. The van der Waals surface area contributed by atoms with Gasteiger partial charge in [0.2, 0.25) is 21.8 Å². The highest BCUT2D eigenvalue weighted by molar-refractivity contribution is 7.89. The van der Waals surface area contributed by atoms with E-state index in [1.165, 1.54) is 21.7 Å². The van der Waals surface area contributed by atoms with Gasteiger partial charge in [-0.25, -0.2) is 8.42 Å². The van der Waals surface area contributed by atoms with Gasteiger partial charge in [-0.2, -0.15) is 4.31 Å². The van der Waals surface area contributed by atoms with E-state index in [9.17, 15) is 18.0 Å². The third kappa shape index (κ3) is 4.85. The van der Waals surface area contributed by atoms with E-state index < -0.39 is 10.0 Å². The number of amides is 2. The highest BCUT2D eigenvalue weighted by Crippen LogP contribution is 2.35. The van der Waals surface area contributed by atoms with Crippen molar-refractivity contribution in [3.8, 4) is 0 Å². The minimum absolute atomic E-state index is 0.0112. The van der Waals surface area contributed by atoms with Crippen LogP contribution in [0.15, 0.2) is 34.5 Å². The molecule has 178 valence electrons. The first kappa shape index (κ1) is 23.9. The minimum Gasteiger partial charge on any atom is -0.355 e. The maximum atomic E-state index is 13.2. The maximum absolute atomic E-state index is 13.2. The number of carbonyl (C=O) groups excluding carboxylic acids is 2. The van der Waals surface area contributed by atoms with Crippen molar-refractivity contribution in [2.75, 3.05) is 24.5 Å². The molecule has 0 saturated carbocycles. The molecule has 0 unspecified atom stereocenters. The molecule has 2 amide bonds. The van der Waals surface area contributed by atoms with E-state index in [0.717, 1.165) is 17.7 Å². The second kappa shape index (κ2) is 9.56. The van der Waals surface area contributed by atoms with Gasteiger partial charge in [-0.3, -0.25) is 9.59 Å². The summed E-state index contributed by atoms with van der Waals surface area (Å²) in [6.07, 6.45) is 2.50. The molecule has 1 saturated heterocycles. The van der Waals surface area contributed by atoms with Crippen molar-refractivity contribution in [3.05, 3.63) is 45.6 Å². The Morgan fingerprint density at radius 3 is 2.55 bits per heavy atom. The second-order valence-corrected chi connectivity index (χ2v) is 11.9. The normalized spacial score (nSPS) is 19.5. The number of sulfonamides is 1. The number of nitrogens with one attached hydrogen (secondary N) is 1. The molecule has 2 aliphatic heterocycles. The van der Waals surface area contributed by atoms with Crippen LogP contribution in [0.1, 0.15) is 42.7 Å². The molecule has 33 heavy (non-hydrogen) atoms. The number of benzene rings is 1. The molecule has 7 nitrogen and oxygen atoms in total. The number of fused-ring (bicyclic) bond motifs is 1. The number of rotatable bonds is 6. The molecule has 0 bridgehead atoms. The van der Waals surface area contributed by atoms with Crippen molar-refractivity contribution >= 4 is 38.9 Å². The van der Waals surface area contributed by atoms with Gasteiger partial charge >= 0.3 is 0 Å². The number of hydrogen-bond donors (Lipinski definition) is 1. The molecule has 0 radical (unpaired) electrons. The van der Waals surface area contributed by atoms with Gasteiger partial charge < -0.3 is 10.2 Å². The van der Waals surface area contributed by atoms with Gasteiger partial charge in [-0.15, -0.1) is 11.3 Å². The van der Waals surface area contributed by atoms with Crippen molar-refractivity contribution in [2.45, 2.75) is 57.4 Å². The van der Waals surface area contributed by atoms with Crippen LogP contribution in [0.2, 0.25) is 0 Å². The quantitative estimate of drug-likeness (QED) is 0.676. The molecular weight excluding hydrogens is 458 g/mol. The van der Waals surface area contributed by atoms with Crippen LogP contribution in [0.3, 0.4) is 0 Å². The van der Waals surface area contributed by atoms with E-state index in [0.29, 0.717) is 38.9 Å².